The first kappa shape index (κ1) is 18.4. The molecule has 0 spiro atoms. The third kappa shape index (κ3) is 3.32. The van der Waals surface area contributed by atoms with Crippen molar-refractivity contribution in [1.82, 2.24) is 0 Å². The summed E-state index contributed by atoms with van der Waals surface area (Å²) < 4.78 is 9.72. The molecule has 0 bridgehead atoms. The molecule has 26 heavy (non-hydrogen) atoms. The summed E-state index contributed by atoms with van der Waals surface area (Å²) in [6, 6.07) is 6.40. The lowest BCUT2D eigenvalue weighted by Crippen LogP contribution is -2.17. The van der Waals surface area contributed by atoms with Crippen LogP contribution in [0.2, 0.25) is 5.02 Å². The molecular weight excluding hydrogens is 378 g/mol. The minimum absolute atomic E-state index is 0.225. The molecule has 3 rings (SSSR count). The zero-order valence-corrected chi connectivity index (χ0v) is 15.7. The topological polar surface area (TPSA) is 81.7 Å². The number of amides is 1. The number of thiophene rings is 1. The summed E-state index contributed by atoms with van der Waals surface area (Å²) in [7, 11) is 2.58. The number of aryl methyl sites for hydroxylation is 1. The van der Waals surface area contributed by atoms with E-state index in [1.54, 1.807) is 24.3 Å². The molecule has 1 atom stereocenters. The standard InChI is InChI=1S/C18H16ClNO5S/c1-24-17(22)11-7-8-12-13(11)14(18(23)25-2)16(26-12)20-15(21)9-3-5-10(19)6-4-9/h3-6,11H,7-8H2,1-2H3,(H,20,21). The highest BCUT2D eigenvalue weighted by Crippen LogP contribution is 2.46. The van der Waals surface area contributed by atoms with Gasteiger partial charge in [-0.05, 0) is 42.7 Å². The molecule has 1 N–H and O–H groups in total. The van der Waals surface area contributed by atoms with Crippen LogP contribution in [-0.4, -0.2) is 32.1 Å². The van der Waals surface area contributed by atoms with Gasteiger partial charge in [0.2, 0.25) is 0 Å². The van der Waals surface area contributed by atoms with Crippen LogP contribution in [0.4, 0.5) is 5.00 Å². The van der Waals surface area contributed by atoms with Gasteiger partial charge in [-0.1, -0.05) is 11.6 Å². The average molecular weight is 394 g/mol. The molecule has 0 saturated carbocycles. The van der Waals surface area contributed by atoms with Gasteiger partial charge in [-0.2, -0.15) is 0 Å². The molecule has 1 aliphatic carbocycles. The smallest absolute Gasteiger partial charge is 0.341 e. The Bertz CT molecular complexity index is 874. The minimum atomic E-state index is -0.593. The van der Waals surface area contributed by atoms with Gasteiger partial charge < -0.3 is 14.8 Å². The second-order valence-electron chi connectivity index (χ2n) is 5.71. The molecule has 136 valence electrons. The van der Waals surface area contributed by atoms with E-state index in [9.17, 15) is 14.4 Å². The van der Waals surface area contributed by atoms with Gasteiger partial charge >= 0.3 is 11.9 Å². The molecule has 1 amide bonds. The monoisotopic (exact) mass is 393 g/mol. The Labute approximate surface area is 159 Å². The van der Waals surface area contributed by atoms with Crippen LogP contribution in [0.25, 0.3) is 0 Å². The summed E-state index contributed by atoms with van der Waals surface area (Å²) in [5.74, 6) is -1.89. The Morgan fingerprint density at radius 2 is 1.85 bits per heavy atom. The van der Waals surface area contributed by atoms with Gasteiger partial charge in [0.15, 0.2) is 0 Å². The van der Waals surface area contributed by atoms with Crippen molar-refractivity contribution in [2.45, 2.75) is 18.8 Å². The predicted octanol–water partition coefficient (Wildman–Crippen LogP) is 3.64. The number of methoxy groups -OCH3 is 2. The predicted molar refractivity (Wildman–Crippen MR) is 98.1 cm³/mol. The fourth-order valence-electron chi connectivity index (χ4n) is 3.01. The van der Waals surface area contributed by atoms with Crippen molar-refractivity contribution in [2.75, 3.05) is 19.5 Å². The number of anilines is 1. The molecular formula is C18H16ClNO5S. The van der Waals surface area contributed by atoms with E-state index in [0.29, 0.717) is 34.0 Å². The van der Waals surface area contributed by atoms with E-state index >= 15 is 0 Å². The summed E-state index contributed by atoms with van der Waals surface area (Å²) in [6.07, 6.45) is 1.21. The summed E-state index contributed by atoms with van der Waals surface area (Å²) in [5.41, 5.74) is 1.23. The van der Waals surface area contributed by atoms with E-state index < -0.39 is 17.9 Å². The summed E-state index contributed by atoms with van der Waals surface area (Å²) in [5, 5.41) is 3.64. The van der Waals surface area contributed by atoms with Crippen LogP contribution in [0.1, 0.15) is 43.5 Å². The molecule has 8 heteroatoms. The van der Waals surface area contributed by atoms with Crippen molar-refractivity contribution in [3.05, 3.63) is 50.9 Å². The van der Waals surface area contributed by atoms with Gasteiger partial charge in [0.25, 0.3) is 5.91 Å². The second-order valence-corrected chi connectivity index (χ2v) is 7.25. The van der Waals surface area contributed by atoms with Crippen molar-refractivity contribution < 1.29 is 23.9 Å². The minimum Gasteiger partial charge on any atom is -0.469 e. The van der Waals surface area contributed by atoms with Gasteiger partial charge in [-0.25, -0.2) is 4.79 Å². The SMILES string of the molecule is COC(=O)c1c(NC(=O)c2ccc(Cl)cc2)sc2c1C(C(=O)OC)CC2. The van der Waals surface area contributed by atoms with E-state index in [1.165, 1.54) is 25.6 Å². The fourth-order valence-corrected chi connectivity index (χ4v) is 4.40. The van der Waals surface area contributed by atoms with Gasteiger partial charge in [0.05, 0.1) is 25.7 Å². The van der Waals surface area contributed by atoms with Gasteiger partial charge in [-0.15, -0.1) is 11.3 Å². The third-order valence-corrected chi connectivity index (χ3v) is 5.67. The van der Waals surface area contributed by atoms with Crippen LogP contribution in [-0.2, 0) is 20.7 Å². The highest BCUT2D eigenvalue weighted by atomic mass is 35.5. The highest BCUT2D eigenvalue weighted by Gasteiger charge is 2.38. The Morgan fingerprint density at radius 3 is 2.46 bits per heavy atom. The van der Waals surface area contributed by atoms with Crippen LogP contribution >= 0.6 is 22.9 Å². The van der Waals surface area contributed by atoms with E-state index in [1.807, 2.05) is 0 Å². The number of hydrogen-bond acceptors (Lipinski definition) is 6. The van der Waals surface area contributed by atoms with E-state index in [2.05, 4.69) is 5.32 Å². The van der Waals surface area contributed by atoms with Crippen LogP contribution < -0.4 is 5.32 Å². The molecule has 0 radical (unpaired) electrons. The van der Waals surface area contributed by atoms with Gasteiger partial charge in [-0.3, -0.25) is 9.59 Å². The number of halogens is 1. The number of hydrogen-bond donors (Lipinski definition) is 1. The first-order valence-corrected chi connectivity index (χ1v) is 9.04. The summed E-state index contributed by atoms with van der Waals surface area (Å²) in [4.78, 5) is 37.8. The summed E-state index contributed by atoms with van der Waals surface area (Å²) in [6.45, 7) is 0. The molecule has 1 aliphatic rings. The Balaban J connectivity index is 1.98. The van der Waals surface area contributed by atoms with Crippen LogP contribution in [0, 0.1) is 0 Å². The van der Waals surface area contributed by atoms with Gasteiger partial charge in [0.1, 0.15) is 5.00 Å². The Kier molecular flexibility index (Phi) is 5.29. The zero-order chi connectivity index (χ0) is 18.8. The molecule has 1 heterocycles. The second kappa shape index (κ2) is 7.47. The molecule has 1 aromatic carbocycles. The van der Waals surface area contributed by atoms with Crippen molar-refractivity contribution >= 4 is 45.8 Å². The van der Waals surface area contributed by atoms with Crippen molar-refractivity contribution in [1.29, 1.82) is 0 Å². The number of fused-ring (bicyclic) bond motifs is 1. The maximum absolute atomic E-state index is 12.5. The van der Waals surface area contributed by atoms with Crippen LogP contribution in [0.5, 0.6) is 0 Å². The number of rotatable bonds is 4. The molecule has 0 aliphatic heterocycles. The Morgan fingerprint density at radius 1 is 1.15 bits per heavy atom. The number of nitrogens with one attached hydrogen (secondary N) is 1. The molecule has 0 fully saturated rings. The summed E-state index contributed by atoms with van der Waals surface area (Å²) >= 11 is 7.12. The maximum Gasteiger partial charge on any atom is 0.341 e. The van der Waals surface area contributed by atoms with Crippen molar-refractivity contribution in [2.24, 2.45) is 0 Å². The van der Waals surface area contributed by atoms with E-state index in [-0.39, 0.29) is 11.5 Å². The first-order valence-electron chi connectivity index (χ1n) is 7.84. The molecule has 0 saturated heterocycles. The van der Waals surface area contributed by atoms with Gasteiger partial charge in [0, 0.05) is 15.5 Å². The lowest BCUT2D eigenvalue weighted by molar-refractivity contribution is -0.142. The number of carbonyl (C=O) groups excluding carboxylic acids is 3. The fraction of sp³-hybridized carbons (Fsp3) is 0.278. The quantitative estimate of drug-likeness (QED) is 0.802. The third-order valence-electron chi connectivity index (χ3n) is 4.24. The highest BCUT2D eigenvalue weighted by molar-refractivity contribution is 7.17. The molecule has 6 nitrogen and oxygen atoms in total. The zero-order valence-electron chi connectivity index (χ0n) is 14.1. The molecule has 1 aromatic heterocycles. The number of benzene rings is 1. The van der Waals surface area contributed by atoms with Crippen molar-refractivity contribution in [3.63, 3.8) is 0 Å². The molecule has 1 unspecified atom stereocenters. The van der Waals surface area contributed by atoms with E-state index in [4.69, 9.17) is 21.1 Å². The lowest BCUT2D eigenvalue weighted by Gasteiger charge is -2.11. The number of ether oxygens (including phenoxy) is 2. The maximum atomic E-state index is 12.5. The normalized spacial score (nSPS) is 15.3. The Hall–Kier alpha value is -2.38. The number of carbonyl (C=O) groups is 3. The largest absolute Gasteiger partial charge is 0.469 e. The van der Waals surface area contributed by atoms with Crippen molar-refractivity contribution in [3.8, 4) is 0 Å². The van der Waals surface area contributed by atoms with Crippen LogP contribution in [0.3, 0.4) is 0 Å². The number of esters is 2. The molecule has 2 aromatic rings. The average Bonchev–Trinajstić information content (AvgIpc) is 3.19. The van der Waals surface area contributed by atoms with Crippen LogP contribution in [0.15, 0.2) is 24.3 Å². The van der Waals surface area contributed by atoms with E-state index in [0.717, 1.165) is 4.88 Å². The first-order chi connectivity index (χ1) is 12.5. The lowest BCUT2D eigenvalue weighted by atomic mass is 9.99.